The SMILES string of the molecule is C=O.CCC(CC)CN1CCN(C)CC1. The van der Waals surface area contributed by atoms with Gasteiger partial charge < -0.3 is 14.6 Å². The highest BCUT2D eigenvalue weighted by Gasteiger charge is 2.16. The Hall–Kier alpha value is -0.410. The van der Waals surface area contributed by atoms with Crippen molar-refractivity contribution >= 4 is 6.79 Å². The number of carbonyl (C=O) groups is 1. The Kier molecular flexibility index (Phi) is 8.62. The van der Waals surface area contributed by atoms with Gasteiger partial charge in [-0.05, 0) is 13.0 Å². The van der Waals surface area contributed by atoms with E-state index in [1.54, 1.807) is 0 Å². The predicted octanol–water partition coefficient (Wildman–Crippen LogP) is 1.49. The molecule has 0 aromatic rings. The molecular weight excluding hydrogens is 188 g/mol. The Morgan fingerprint density at radius 2 is 1.53 bits per heavy atom. The van der Waals surface area contributed by atoms with Gasteiger partial charge in [-0.15, -0.1) is 0 Å². The van der Waals surface area contributed by atoms with Gasteiger partial charge in [0.15, 0.2) is 0 Å². The minimum atomic E-state index is 0.920. The van der Waals surface area contributed by atoms with Crippen LogP contribution in [-0.4, -0.2) is 56.4 Å². The number of hydrogen-bond acceptors (Lipinski definition) is 3. The molecule has 1 aliphatic heterocycles. The van der Waals surface area contributed by atoms with Crippen LogP contribution < -0.4 is 0 Å². The van der Waals surface area contributed by atoms with Crippen LogP contribution >= 0.6 is 0 Å². The van der Waals surface area contributed by atoms with Crippen LogP contribution in [0, 0.1) is 5.92 Å². The van der Waals surface area contributed by atoms with Gasteiger partial charge in [-0.3, -0.25) is 0 Å². The summed E-state index contributed by atoms with van der Waals surface area (Å²) < 4.78 is 0. The third-order valence-corrected chi connectivity index (χ3v) is 3.27. The third kappa shape index (κ3) is 5.90. The van der Waals surface area contributed by atoms with Gasteiger partial charge in [0, 0.05) is 32.7 Å². The Morgan fingerprint density at radius 3 is 1.93 bits per heavy atom. The zero-order valence-corrected chi connectivity index (χ0v) is 10.5. The van der Waals surface area contributed by atoms with Crippen molar-refractivity contribution in [2.24, 2.45) is 5.92 Å². The average Bonchev–Trinajstić information content (AvgIpc) is 2.31. The van der Waals surface area contributed by atoms with Crippen molar-refractivity contribution in [3.8, 4) is 0 Å². The van der Waals surface area contributed by atoms with E-state index in [0.29, 0.717) is 0 Å². The fraction of sp³-hybridized carbons (Fsp3) is 0.917. The second kappa shape index (κ2) is 8.86. The van der Waals surface area contributed by atoms with Crippen LogP contribution in [0.5, 0.6) is 0 Å². The van der Waals surface area contributed by atoms with Gasteiger partial charge in [-0.1, -0.05) is 26.7 Å². The van der Waals surface area contributed by atoms with Crippen LogP contribution in [0.15, 0.2) is 0 Å². The first-order valence-corrected chi connectivity index (χ1v) is 5.96. The summed E-state index contributed by atoms with van der Waals surface area (Å²) in [6.45, 7) is 13.0. The summed E-state index contributed by atoms with van der Waals surface area (Å²) >= 11 is 0. The van der Waals surface area contributed by atoms with Crippen LogP contribution in [0.3, 0.4) is 0 Å². The van der Waals surface area contributed by atoms with E-state index in [4.69, 9.17) is 4.79 Å². The summed E-state index contributed by atoms with van der Waals surface area (Å²) in [7, 11) is 2.22. The zero-order valence-electron chi connectivity index (χ0n) is 10.5. The van der Waals surface area contributed by atoms with E-state index in [-0.39, 0.29) is 0 Å². The number of likely N-dealkylation sites (N-methyl/N-ethyl adjacent to an activating group) is 1. The van der Waals surface area contributed by atoms with E-state index in [1.165, 1.54) is 45.6 Å². The number of carbonyl (C=O) groups excluding carboxylic acids is 1. The molecule has 0 saturated carbocycles. The quantitative estimate of drug-likeness (QED) is 0.708. The van der Waals surface area contributed by atoms with Gasteiger partial charge in [0.25, 0.3) is 0 Å². The van der Waals surface area contributed by atoms with E-state index >= 15 is 0 Å². The first-order valence-electron chi connectivity index (χ1n) is 5.96. The molecule has 1 saturated heterocycles. The largest absolute Gasteiger partial charge is 0.307 e. The molecule has 0 radical (unpaired) electrons. The molecule has 0 N–H and O–H groups in total. The lowest BCUT2D eigenvalue weighted by Gasteiger charge is -2.34. The van der Waals surface area contributed by atoms with Crippen molar-refractivity contribution in [2.45, 2.75) is 26.7 Å². The van der Waals surface area contributed by atoms with Gasteiger partial charge in [-0.2, -0.15) is 0 Å². The molecule has 0 unspecified atom stereocenters. The van der Waals surface area contributed by atoms with Gasteiger partial charge in [-0.25, -0.2) is 0 Å². The minimum Gasteiger partial charge on any atom is -0.307 e. The Bertz CT molecular complexity index is 141. The summed E-state index contributed by atoms with van der Waals surface area (Å²) in [6.07, 6.45) is 2.67. The highest BCUT2D eigenvalue weighted by atomic mass is 16.1. The maximum Gasteiger partial charge on any atom is 0.106 e. The normalized spacial score (nSPS) is 18.7. The summed E-state index contributed by atoms with van der Waals surface area (Å²) in [5.74, 6) is 0.920. The molecule has 0 aromatic carbocycles. The first-order chi connectivity index (χ1) is 7.26. The fourth-order valence-electron chi connectivity index (χ4n) is 1.94. The molecule has 0 spiro atoms. The summed E-state index contributed by atoms with van der Waals surface area (Å²) in [6, 6.07) is 0. The molecule has 1 aliphatic rings. The van der Waals surface area contributed by atoms with Crippen molar-refractivity contribution in [3.63, 3.8) is 0 Å². The lowest BCUT2D eigenvalue weighted by atomic mass is 10.0. The average molecular weight is 214 g/mol. The maximum atomic E-state index is 8.00. The van der Waals surface area contributed by atoms with Gasteiger partial charge in [0.1, 0.15) is 6.79 Å². The second-order valence-electron chi connectivity index (χ2n) is 4.29. The molecule has 90 valence electrons. The third-order valence-electron chi connectivity index (χ3n) is 3.27. The van der Waals surface area contributed by atoms with Crippen LogP contribution in [0.4, 0.5) is 0 Å². The predicted molar refractivity (Wildman–Crippen MR) is 65.1 cm³/mol. The molecule has 0 bridgehead atoms. The molecule has 1 rings (SSSR count). The van der Waals surface area contributed by atoms with Crippen molar-refractivity contribution in [1.29, 1.82) is 0 Å². The topological polar surface area (TPSA) is 23.6 Å². The number of piperazine rings is 1. The van der Waals surface area contributed by atoms with E-state index in [1.807, 2.05) is 6.79 Å². The number of nitrogens with zero attached hydrogens (tertiary/aromatic N) is 2. The van der Waals surface area contributed by atoms with Crippen LogP contribution in [0.25, 0.3) is 0 Å². The Labute approximate surface area is 94.4 Å². The standard InChI is InChI=1S/C11H24N2.CH2O/c1-4-11(5-2)10-13-8-6-12(3)7-9-13;1-2/h11H,4-10H2,1-3H3;1H2. The van der Waals surface area contributed by atoms with E-state index in [0.717, 1.165) is 5.92 Å². The molecule has 0 atom stereocenters. The highest BCUT2D eigenvalue weighted by molar-refractivity contribution is 5.10. The molecule has 3 heteroatoms. The lowest BCUT2D eigenvalue weighted by Crippen LogP contribution is -2.45. The van der Waals surface area contributed by atoms with E-state index in [2.05, 4.69) is 30.7 Å². The lowest BCUT2D eigenvalue weighted by molar-refractivity contribution is -0.0979. The molecule has 0 aromatic heterocycles. The molecule has 0 aliphatic carbocycles. The van der Waals surface area contributed by atoms with Gasteiger partial charge >= 0.3 is 0 Å². The molecule has 0 amide bonds. The molecule has 1 fully saturated rings. The zero-order chi connectivity index (χ0) is 11.7. The second-order valence-corrected chi connectivity index (χ2v) is 4.29. The smallest absolute Gasteiger partial charge is 0.106 e. The van der Waals surface area contributed by atoms with Crippen molar-refractivity contribution in [1.82, 2.24) is 9.80 Å². The number of rotatable bonds is 4. The van der Waals surface area contributed by atoms with Crippen molar-refractivity contribution in [2.75, 3.05) is 39.8 Å². The maximum absolute atomic E-state index is 8.00. The van der Waals surface area contributed by atoms with Crippen LogP contribution in [0.2, 0.25) is 0 Å². The Balaban J connectivity index is 0.000000921. The summed E-state index contributed by atoms with van der Waals surface area (Å²) in [5, 5.41) is 0. The molecule has 3 nitrogen and oxygen atoms in total. The van der Waals surface area contributed by atoms with Crippen molar-refractivity contribution in [3.05, 3.63) is 0 Å². The minimum absolute atomic E-state index is 0.920. The highest BCUT2D eigenvalue weighted by Crippen LogP contribution is 2.11. The fourth-order valence-corrected chi connectivity index (χ4v) is 1.94. The molecule has 1 heterocycles. The van der Waals surface area contributed by atoms with Crippen LogP contribution in [0.1, 0.15) is 26.7 Å². The van der Waals surface area contributed by atoms with Crippen molar-refractivity contribution < 1.29 is 4.79 Å². The Morgan fingerprint density at radius 1 is 1.07 bits per heavy atom. The molecular formula is C12H26N2O. The summed E-state index contributed by atoms with van der Waals surface area (Å²) in [4.78, 5) is 13.0. The van der Waals surface area contributed by atoms with Crippen LogP contribution in [-0.2, 0) is 4.79 Å². The van der Waals surface area contributed by atoms with Gasteiger partial charge in [0.05, 0.1) is 0 Å². The number of hydrogen-bond donors (Lipinski definition) is 0. The van der Waals surface area contributed by atoms with E-state index < -0.39 is 0 Å². The first kappa shape index (κ1) is 14.6. The monoisotopic (exact) mass is 214 g/mol. The summed E-state index contributed by atoms with van der Waals surface area (Å²) in [5.41, 5.74) is 0. The van der Waals surface area contributed by atoms with E-state index in [9.17, 15) is 0 Å². The molecule has 15 heavy (non-hydrogen) atoms. The van der Waals surface area contributed by atoms with Gasteiger partial charge in [0.2, 0.25) is 0 Å².